The molecule has 2 heterocycles. The van der Waals surface area contributed by atoms with Crippen molar-refractivity contribution in [3.05, 3.63) is 40.7 Å². The van der Waals surface area contributed by atoms with Crippen LogP contribution >= 0.6 is 0 Å². The molecule has 7 nitrogen and oxygen atoms in total. The quantitative estimate of drug-likeness (QED) is 0.756. The van der Waals surface area contributed by atoms with E-state index < -0.39 is 10.0 Å². The van der Waals surface area contributed by atoms with Crippen LogP contribution in [0.25, 0.3) is 0 Å². The summed E-state index contributed by atoms with van der Waals surface area (Å²) >= 11 is 0. The topological polar surface area (TPSA) is 84.3 Å². The fraction of sp³-hybridized carbons (Fsp3) is 0.545. The highest BCUT2D eigenvalue weighted by molar-refractivity contribution is 7.89. The summed E-state index contributed by atoms with van der Waals surface area (Å²) in [6.45, 7) is 11.1. The first-order valence-corrected chi connectivity index (χ1v) is 11.9. The predicted molar refractivity (Wildman–Crippen MR) is 118 cm³/mol. The average Bonchev–Trinajstić information content (AvgIpc) is 2.97. The summed E-state index contributed by atoms with van der Waals surface area (Å²) in [6, 6.07) is 5.80. The van der Waals surface area contributed by atoms with E-state index in [9.17, 15) is 13.2 Å². The highest BCUT2D eigenvalue weighted by Crippen LogP contribution is 2.27. The Morgan fingerprint density at radius 2 is 1.80 bits per heavy atom. The Hall–Kier alpha value is -2.19. The molecular formula is C22H32N4O3S. The van der Waals surface area contributed by atoms with Crippen LogP contribution < -0.4 is 5.32 Å². The smallest absolute Gasteiger partial charge is 0.246 e. The molecule has 164 valence electrons. The Morgan fingerprint density at radius 3 is 2.43 bits per heavy atom. The monoisotopic (exact) mass is 432 g/mol. The minimum Gasteiger partial charge on any atom is -0.326 e. The predicted octanol–water partition coefficient (Wildman–Crippen LogP) is 3.57. The Labute approximate surface area is 179 Å². The molecule has 1 aromatic heterocycles. The Morgan fingerprint density at radius 1 is 1.13 bits per heavy atom. The molecule has 1 saturated heterocycles. The maximum absolute atomic E-state index is 13.2. The molecule has 0 radical (unpaired) electrons. The molecule has 8 heteroatoms. The molecule has 0 saturated carbocycles. The van der Waals surface area contributed by atoms with Crippen molar-refractivity contribution in [1.82, 2.24) is 14.1 Å². The third-order valence-corrected chi connectivity index (χ3v) is 8.15. The summed E-state index contributed by atoms with van der Waals surface area (Å²) < 4.78 is 29.6. The van der Waals surface area contributed by atoms with Gasteiger partial charge in [0.15, 0.2) is 0 Å². The summed E-state index contributed by atoms with van der Waals surface area (Å²) in [5, 5.41) is 7.32. The van der Waals surface area contributed by atoms with Gasteiger partial charge in [-0.2, -0.15) is 9.40 Å². The number of rotatable bonds is 6. The molecule has 3 rings (SSSR count). The molecule has 1 N–H and O–H groups in total. The minimum absolute atomic E-state index is 0.125. The molecule has 2 aromatic rings. The van der Waals surface area contributed by atoms with Gasteiger partial charge in [0.25, 0.3) is 0 Å². The maximum atomic E-state index is 13.2. The molecule has 0 bridgehead atoms. The largest absolute Gasteiger partial charge is 0.326 e. The summed E-state index contributed by atoms with van der Waals surface area (Å²) in [5.74, 6) is 0.428. The van der Waals surface area contributed by atoms with Gasteiger partial charge < -0.3 is 5.32 Å². The number of carbonyl (C=O) groups is 1. The second-order valence-corrected chi connectivity index (χ2v) is 10.3. The summed E-state index contributed by atoms with van der Waals surface area (Å²) in [7, 11) is -3.57. The third kappa shape index (κ3) is 4.75. The first-order chi connectivity index (χ1) is 14.1. The summed E-state index contributed by atoms with van der Waals surface area (Å²) in [6.07, 6.45) is 1.98. The van der Waals surface area contributed by atoms with E-state index in [-0.39, 0.29) is 17.2 Å². The molecule has 0 aliphatic carbocycles. The van der Waals surface area contributed by atoms with Crippen molar-refractivity contribution < 1.29 is 13.2 Å². The second-order valence-electron chi connectivity index (χ2n) is 8.41. The van der Waals surface area contributed by atoms with E-state index in [4.69, 9.17) is 0 Å². The molecule has 1 amide bonds. The molecule has 1 aliphatic rings. The van der Waals surface area contributed by atoms with Crippen molar-refractivity contribution in [2.75, 3.05) is 18.4 Å². The lowest BCUT2D eigenvalue weighted by Crippen LogP contribution is -2.38. The third-order valence-electron chi connectivity index (χ3n) is 6.00. The van der Waals surface area contributed by atoms with Crippen LogP contribution in [0, 0.1) is 33.6 Å². The first-order valence-electron chi connectivity index (χ1n) is 10.5. The van der Waals surface area contributed by atoms with Crippen molar-refractivity contribution in [2.24, 2.45) is 5.92 Å². The van der Waals surface area contributed by atoms with Gasteiger partial charge >= 0.3 is 0 Å². The number of amides is 1. The number of carbonyl (C=O) groups excluding carboxylic acids is 1. The molecular weight excluding hydrogens is 400 g/mol. The average molecular weight is 433 g/mol. The van der Waals surface area contributed by atoms with E-state index >= 15 is 0 Å². The van der Waals surface area contributed by atoms with E-state index in [2.05, 4.69) is 17.3 Å². The Balaban J connectivity index is 1.69. The number of nitrogens with one attached hydrogen (secondary N) is 1. The van der Waals surface area contributed by atoms with Crippen LogP contribution in [0.5, 0.6) is 0 Å². The molecule has 1 fully saturated rings. The van der Waals surface area contributed by atoms with Gasteiger partial charge in [0, 0.05) is 25.2 Å². The number of piperidine rings is 1. The highest BCUT2D eigenvalue weighted by Gasteiger charge is 2.32. The molecule has 1 aromatic carbocycles. The number of anilines is 1. The van der Waals surface area contributed by atoms with Crippen LogP contribution in [0.15, 0.2) is 23.1 Å². The fourth-order valence-corrected chi connectivity index (χ4v) is 5.72. The number of hydrogen-bond acceptors (Lipinski definition) is 4. The zero-order valence-electron chi connectivity index (χ0n) is 18.5. The van der Waals surface area contributed by atoms with Crippen LogP contribution in [0.4, 0.5) is 5.69 Å². The fourth-order valence-electron chi connectivity index (χ4n) is 3.88. The van der Waals surface area contributed by atoms with E-state index in [1.165, 1.54) is 5.56 Å². The van der Waals surface area contributed by atoms with Crippen molar-refractivity contribution in [1.29, 1.82) is 0 Å². The molecule has 30 heavy (non-hydrogen) atoms. The van der Waals surface area contributed by atoms with Gasteiger partial charge in [0.2, 0.25) is 15.9 Å². The van der Waals surface area contributed by atoms with E-state index in [1.807, 2.05) is 32.0 Å². The number of benzene rings is 1. The lowest BCUT2D eigenvalue weighted by Gasteiger charge is -2.29. The van der Waals surface area contributed by atoms with Gasteiger partial charge in [0.1, 0.15) is 4.90 Å². The van der Waals surface area contributed by atoms with Crippen molar-refractivity contribution in [3.8, 4) is 0 Å². The van der Waals surface area contributed by atoms with Crippen molar-refractivity contribution >= 4 is 21.6 Å². The van der Waals surface area contributed by atoms with Crippen LogP contribution in [0.1, 0.15) is 48.7 Å². The Kier molecular flexibility index (Phi) is 6.67. The van der Waals surface area contributed by atoms with E-state index in [1.54, 1.807) is 22.8 Å². The van der Waals surface area contributed by atoms with Gasteiger partial charge in [-0.05, 0) is 69.7 Å². The van der Waals surface area contributed by atoms with Gasteiger partial charge in [0.05, 0.1) is 17.9 Å². The Bertz CT molecular complexity index is 1030. The normalized spacial score (nSPS) is 16.0. The molecule has 0 atom stereocenters. The number of aromatic nitrogens is 2. The highest BCUT2D eigenvalue weighted by atomic mass is 32.2. The van der Waals surface area contributed by atoms with E-state index in [0.717, 1.165) is 24.1 Å². The summed E-state index contributed by atoms with van der Waals surface area (Å²) in [4.78, 5) is 12.7. The number of nitrogens with zero attached hydrogens (tertiary/aromatic N) is 3. The van der Waals surface area contributed by atoms with Crippen LogP contribution in [-0.2, 0) is 21.4 Å². The lowest BCUT2D eigenvalue weighted by atomic mass is 10.0. The van der Waals surface area contributed by atoms with Crippen molar-refractivity contribution in [2.45, 2.75) is 65.3 Å². The second kappa shape index (κ2) is 8.89. The molecule has 0 spiro atoms. The van der Waals surface area contributed by atoms with Crippen molar-refractivity contribution in [3.63, 3.8) is 0 Å². The molecule has 1 aliphatic heterocycles. The van der Waals surface area contributed by atoms with Gasteiger partial charge in [-0.15, -0.1) is 0 Å². The number of hydrogen-bond donors (Lipinski definition) is 1. The number of sulfonamides is 1. The molecule has 0 unspecified atom stereocenters. The zero-order chi connectivity index (χ0) is 22.1. The van der Waals surface area contributed by atoms with Gasteiger partial charge in [-0.25, -0.2) is 8.42 Å². The lowest BCUT2D eigenvalue weighted by molar-refractivity contribution is -0.116. The standard InChI is InChI=1S/C22H32N4O3S/c1-15-8-11-25(12-9-15)30(28,29)22-18(4)24-26(19(22)5)13-10-21(27)23-20-7-6-16(2)17(3)14-20/h6-7,14-15H,8-13H2,1-5H3,(H,23,27). The van der Waals surface area contributed by atoms with Gasteiger partial charge in [-0.3, -0.25) is 9.48 Å². The first kappa shape index (κ1) is 22.5. The van der Waals surface area contributed by atoms with Gasteiger partial charge in [-0.1, -0.05) is 13.0 Å². The van der Waals surface area contributed by atoms with E-state index in [0.29, 0.717) is 36.9 Å². The SMILES string of the molecule is Cc1ccc(NC(=O)CCn2nc(C)c(S(=O)(=O)N3CCC(C)CC3)c2C)cc1C. The number of aryl methyl sites for hydroxylation is 4. The minimum atomic E-state index is -3.57. The zero-order valence-corrected chi connectivity index (χ0v) is 19.3. The summed E-state index contributed by atoms with van der Waals surface area (Å²) in [5.41, 5.74) is 4.13. The van der Waals surface area contributed by atoms with Crippen LogP contribution in [0.3, 0.4) is 0 Å². The van der Waals surface area contributed by atoms with Crippen LogP contribution in [-0.4, -0.2) is 41.5 Å². The maximum Gasteiger partial charge on any atom is 0.246 e. The van der Waals surface area contributed by atoms with Crippen LogP contribution in [0.2, 0.25) is 0 Å².